The van der Waals surface area contributed by atoms with E-state index < -0.39 is 34.8 Å². The number of nitrogens with one attached hydrogen (secondary N) is 1. The molecular weight excluding hydrogens is 400 g/mol. The second kappa shape index (κ2) is 11.1. The van der Waals surface area contributed by atoms with Crippen molar-refractivity contribution in [1.29, 1.82) is 0 Å². The highest BCUT2D eigenvalue weighted by Crippen LogP contribution is 2.22. The Morgan fingerprint density at radius 3 is 2.06 bits per heavy atom. The van der Waals surface area contributed by atoms with Gasteiger partial charge in [-0.05, 0) is 59.9 Å². The van der Waals surface area contributed by atoms with Gasteiger partial charge in [0.25, 0.3) is 0 Å². The van der Waals surface area contributed by atoms with Gasteiger partial charge in [0.2, 0.25) is 0 Å². The van der Waals surface area contributed by atoms with Crippen LogP contribution in [0.5, 0.6) is 0 Å². The van der Waals surface area contributed by atoms with E-state index >= 15 is 0 Å². The molecule has 0 bridgehead atoms. The molecule has 1 atom stereocenters. The highest BCUT2D eigenvalue weighted by Gasteiger charge is 2.40. The zero-order chi connectivity index (χ0) is 23.7. The van der Waals surface area contributed by atoms with E-state index in [9.17, 15) is 14.4 Å². The molecule has 0 saturated heterocycles. The average molecular weight is 437 g/mol. The van der Waals surface area contributed by atoms with Crippen LogP contribution in [0.4, 0.5) is 4.79 Å². The van der Waals surface area contributed by atoms with Gasteiger partial charge in [0.15, 0.2) is 0 Å². The topological polar surface area (TPSA) is 117 Å². The number of esters is 2. The zero-order valence-corrected chi connectivity index (χ0v) is 19.4. The van der Waals surface area contributed by atoms with Crippen molar-refractivity contribution in [1.82, 2.24) is 5.32 Å². The van der Waals surface area contributed by atoms with E-state index in [1.807, 2.05) is 30.3 Å². The molecule has 1 amide bonds. The van der Waals surface area contributed by atoms with Gasteiger partial charge in [-0.25, -0.2) is 4.79 Å². The standard InChI is InChI=1S/C23H36N2O6/c1-21(2,3)30-18(26)15-23(24,19(27)31-22(4,5)6)13-10-14-25-20(28)29-16-17-11-8-7-9-12-17/h7-9,11-12H,10,13-16,24H2,1-6H3,(H,25,28). The third-order valence-corrected chi connectivity index (χ3v) is 3.97. The van der Waals surface area contributed by atoms with Gasteiger partial charge in [-0.15, -0.1) is 0 Å². The van der Waals surface area contributed by atoms with Crippen LogP contribution in [0, 0.1) is 0 Å². The van der Waals surface area contributed by atoms with Crippen LogP contribution in [0.3, 0.4) is 0 Å². The summed E-state index contributed by atoms with van der Waals surface area (Å²) in [6.07, 6.45) is -0.424. The summed E-state index contributed by atoms with van der Waals surface area (Å²) in [4.78, 5) is 36.9. The van der Waals surface area contributed by atoms with Crippen molar-refractivity contribution in [3.8, 4) is 0 Å². The summed E-state index contributed by atoms with van der Waals surface area (Å²) < 4.78 is 15.9. The van der Waals surface area contributed by atoms with E-state index in [0.717, 1.165) is 5.56 Å². The fourth-order valence-corrected chi connectivity index (χ4v) is 2.65. The highest BCUT2D eigenvalue weighted by atomic mass is 16.6. The number of carbonyl (C=O) groups is 3. The van der Waals surface area contributed by atoms with Crippen molar-refractivity contribution in [2.24, 2.45) is 5.73 Å². The van der Waals surface area contributed by atoms with Gasteiger partial charge < -0.3 is 25.3 Å². The van der Waals surface area contributed by atoms with Gasteiger partial charge in [-0.3, -0.25) is 9.59 Å². The van der Waals surface area contributed by atoms with Crippen LogP contribution >= 0.6 is 0 Å². The van der Waals surface area contributed by atoms with Crippen LogP contribution in [-0.4, -0.2) is 41.3 Å². The summed E-state index contributed by atoms with van der Waals surface area (Å²) in [5, 5.41) is 2.62. The number of amides is 1. The first kappa shape index (κ1) is 26.4. The van der Waals surface area contributed by atoms with Crippen LogP contribution < -0.4 is 11.1 Å². The molecule has 1 aromatic rings. The third kappa shape index (κ3) is 11.4. The number of ether oxygens (including phenoxy) is 3. The molecule has 1 rings (SSSR count). The van der Waals surface area contributed by atoms with E-state index in [4.69, 9.17) is 19.9 Å². The molecule has 0 aliphatic heterocycles. The van der Waals surface area contributed by atoms with Crippen molar-refractivity contribution in [2.75, 3.05) is 6.54 Å². The Kier molecular flexibility index (Phi) is 9.49. The highest BCUT2D eigenvalue weighted by molar-refractivity contribution is 5.87. The number of benzene rings is 1. The first-order valence-corrected chi connectivity index (χ1v) is 10.4. The molecule has 8 heteroatoms. The van der Waals surface area contributed by atoms with Crippen molar-refractivity contribution in [3.63, 3.8) is 0 Å². The lowest BCUT2D eigenvalue weighted by molar-refractivity contribution is -0.169. The molecule has 0 saturated carbocycles. The number of rotatable bonds is 9. The summed E-state index contributed by atoms with van der Waals surface area (Å²) in [5.41, 5.74) is 4.16. The molecule has 0 spiro atoms. The van der Waals surface area contributed by atoms with E-state index in [0.29, 0.717) is 6.42 Å². The first-order chi connectivity index (χ1) is 14.2. The summed E-state index contributed by atoms with van der Waals surface area (Å²) in [5.74, 6) is -1.27. The lowest BCUT2D eigenvalue weighted by atomic mass is 9.90. The number of carbonyl (C=O) groups excluding carboxylic acids is 3. The summed E-state index contributed by atoms with van der Waals surface area (Å²) in [7, 11) is 0. The fraction of sp³-hybridized carbons (Fsp3) is 0.609. The Bertz CT molecular complexity index is 737. The number of hydrogen-bond acceptors (Lipinski definition) is 7. The number of nitrogens with two attached hydrogens (primary N) is 1. The minimum absolute atomic E-state index is 0.125. The van der Waals surface area contributed by atoms with Crippen molar-refractivity contribution in [2.45, 2.75) is 84.2 Å². The molecule has 3 N–H and O–H groups in total. The molecule has 0 aromatic heterocycles. The predicted octanol–water partition coefficient (Wildman–Crippen LogP) is 3.46. The minimum Gasteiger partial charge on any atom is -0.460 e. The maximum atomic E-state index is 12.7. The van der Waals surface area contributed by atoms with Crippen LogP contribution in [-0.2, 0) is 30.4 Å². The molecule has 174 valence electrons. The Morgan fingerprint density at radius 2 is 1.52 bits per heavy atom. The van der Waals surface area contributed by atoms with Crippen LogP contribution in [0.1, 0.15) is 66.4 Å². The fourth-order valence-electron chi connectivity index (χ4n) is 2.65. The van der Waals surface area contributed by atoms with E-state index in [1.165, 1.54) is 0 Å². The van der Waals surface area contributed by atoms with Crippen LogP contribution in [0.25, 0.3) is 0 Å². The molecule has 0 radical (unpaired) electrons. The van der Waals surface area contributed by atoms with E-state index in [-0.39, 0.29) is 26.0 Å². The molecule has 0 fully saturated rings. The normalized spacial score (nSPS) is 13.6. The Balaban J connectivity index is 2.60. The Labute approximate surface area is 184 Å². The summed E-state index contributed by atoms with van der Waals surface area (Å²) in [6.45, 7) is 10.8. The molecular formula is C23H36N2O6. The van der Waals surface area contributed by atoms with Gasteiger partial charge in [0, 0.05) is 6.54 Å². The quantitative estimate of drug-likeness (QED) is 0.346. The van der Waals surface area contributed by atoms with E-state index in [2.05, 4.69) is 5.32 Å². The average Bonchev–Trinajstić information content (AvgIpc) is 2.61. The maximum absolute atomic E-state index is 12.7. The maximum Gasteiger partial charge on any atom is 0.407 e. The van der Waals surface area contributed by atoms with Gasteiger partial charge in [0.05, 0.1) is 6.42 Å². The molecule has 0 aliphatic rings. The number of hydrogen-bond donors (Lipinski definition) is 2. The predicted molar refractivity (Wildman–Crippen MR) is 117 cm³/mol. The van der Waals surface area contributed by atoms with Gasteiger partial charge in [-0.2, -0.15) is 0 Å². The molecule has 1 aromatic carbocycles. The summed E-state index contributed by atoms with van der Waals surface area (Å²) in [6, 6.07) is 9.31. The Hall–Kier alpha value is -2.61. The van der Waals surface area contributed by atoms with Crippen LogP contribution in [0.15, 0.2) is 30.3 Å². The smallest absolute Gasteiger partial charge is 0.407 e. The van der Waals surface area contributed by atoms with Crippen molar-refractivity contribution >= 4 is 18.0 Å². The SMILES string of the molecule is CC(C)(C)OC(=O)CC(N)(CCCNC(=O)OCc1ccccc1)C(=O)OC(C)(C)C. The lowest BCUT2D eigenvalue weighted by Crippen LogP contribution is -2.53. The molecule has 0 aliphatic carbocycles. The van der Waals surface area contributed by atoms with Gasteiger partial charge in [0.1, 0.15) is 23.3 Å². The second-order valence-electron chi connectivity index (χ2n) is 9.51. The first-order valence-electron chi connectivity index (χ1n) is 10.4. The number of alkyl carbamates (subject to hydrolysis) is 1. The minimum atomic E-state index is -1.56. The molecule has 1 unspecified atom stereocenters. The van der Waals surface area contributed by atoms with Crippen molar-refractivity contribution in [3.05, 3.63) is 35.9 Å². The van der Waals surface area contributed by atoms with Crippen molar-refractivity contribution < 1.29 is 28.6 Å². The third-order valence-electron chi connectivity index (χ3n) is 3.97. The lowest BCUT2D eigenvalue weighted by Gasteiger charge is -2.31. The molecule has 8 nitrogen and oxygen atoms in total. The summed E-state index contributed by atoms with van der Waals surface area (Å²) >= 11 is 0. The zero-order valence-electron chi connectivity index (χ0n) is 19.4. The Morgan fingerprint density at radius 1 is 0.935 bits per heavy atom. The molecule has 0 heterocycles. The van der Waals surface area contributed by atoms with Gasteiger partial charge in [-0.1, -0.05) is 30.3 Å². The molecule has 31 heavy (non-hydrogen) atoms. The van der Waals surface area contributed by atoms with Crippen LogP contribution in [0.2, 0.25) is 0 Å². The van der Waals surface area contributed by atoms with Gasteiger partial charge >= 0.3 is 18.0 Å². The van der Waals surface area contributed by atoms with E-state index in [1.54, 1.807) is 41.5 Å². The largest absolute Gasteiger partial charge is 0.460 e. The monoisotopic (exact) mass is 436 g/mol. The second-order valence-corrected chi connectivity index (χ2v) is 9.51.